The quantitative estimate of drug-likeness (QED) is 0.500. The average molecular weight is 427 g/mol. The minimum absolute atomic E-state index is 0.0204. The van der Waals surface area contributed by atoms with Gasteiger partial charge in [0, 0.05) is 18.1 Å². The number of benzene rings is 1. The van der Waals surface area contributed by atoms with Crippen molar-refractivity contribution in [3.05, 3.63) is 38.5 Å². The first-order valence-corrected chi connectivity index (χ1v) is 10.5. The highest BCUT2D eigenvalue weighted by Gasteiger charge is 2.23. The van der Waals surface area contributed by atoms with Crippen LogP contribution in [0.4, 0.5) is 4.79 Å². The van der Waals surface area contributed by atoms with Gasteiger partial charge in [-0.3, -0.25) is 4.79 Å². The van der Waals surface area contributed by atoms with Crippen LogP contribution in [0.5, 0.6) is 5.75 Å². The summed E-state index contributed by atoms with van der Waals surface area (Å²) in [7, 11) is 0. The number of thioether (sulfide) groups is 1. The van der Waals surface area contributed by atoms with Crippen LogP contribution in [-0.2, 0) is 11.2 Å². The first-order chi connectivity index (χ1) is 13.1. The number of aromatic nitrogens is 1. The number of carbonyl (C=O) groups is 1. The number of nitrogens with zero attached hydrogens (tertiary/aromatic N) is 1. The first kappa shape index (κ1) is 22.1. The van der Waals surface area contributed by atoms with E-state index in [-0.39, 0.29) is 17.2 Å². The monoisotopic (exact) mass is 426 g/mol. The third-order valence-electron chi connectivity index (χ3n) is 3.65. The van der Waals surface area contributed by atoms with Crippen molar-refractivity contribution in [2.24, 2.45) is 11.5 Å². The van der Waals surface area contributed by atoms with Crippen molar-refractivity contribution in [1.29, 1.82) is 0 Å². The molecule has 1 aromatic heterocycles. The van der Waals surface area contributed by atoms with Gasteiger partial charge in [-0.05, 0) is 44.2 Å². The lowest BCUT2D eigenvalue weighted by Gasteiger charge is -2.27. The van der Waals surface area contributed by atoms with Crippen LogP contribution < -0.4 is 16.3 Å². The molecule has 28 heavy (non-hydrogen) atoms. The first-order valence-electron chi connectivity index (χ1n) is 8.68. The van der Waals surface area contributed by atoms with Gasteiger partial charge in [-0.25, -0.2) is 4.79 Å². The average Bonchev–Trinajstić information content (AvgIpc) is 2.99. The summed E-state index contributed by atoms with van der Waals surface area (Å²) in [5, 5.41) is 11.6. The number of hydrogen-bond donors (Lipinski definition) is 4. The van der Waals surface area contributed by atoms with E-state index in [1.807, 2.05) is 0 Å². The molecule has 2 aromatic rings. The number of phenols is 1. The summed E-state index contributed by atoms with van der Waals surface area (Å²) in [4.78, 5) is 28.2. The lowest BCUT2D eigenvalue weighted by molar-refractivity contribution is 0.0268. The van der Waals surface area contributed by atoms with Crippen LogP contribution >= 0.6 is 23.1 Å². The number of nitrogens with one attached hydrogen (secondary N) is 1. The maximum Gasteiger partial charge on any atom is 0.410 e. The molecule has 0 saturated carbocycles. The molecule has 0 bridgehead atoms. The SMILES string of the molecule is CC(C)(C)OC(=O)N(CCc1ccc(O)c2[nH]c(=O)sc12)C/C(N)=C/SCN. The fourth-order valence-corrected chi connectivity index (χ4v) is 3.78. The number of aromatic amines is 1. The number of hydrogen-bond acceptors (Lipinski definition) is 8. The maximum absolute atomic E-state index is 12.6. The molecule has 0 aliphatic heterocycles. The van der Waals surface area contributed by atoms with E-state index in [0.29, 0.717) is 34.8 Å². The summed E-state index contributed by atoms with van der Waals surface area (Å²) in [6, 6.07) is 3.28. The van der Waals surface area contributed by atoms with Crippen LogP contribution in [0.3, 0.4) is 0 Å². The molecule has 0 fully saturated rings. The molecule has 1 amide bonds. The van der Waals surface area contributed by atoms with Gasteiger partial charge in [-0.2, -0.15) is 0 Å². The Labute approximate surface area is 171 Å². The van der Waals surface area contributed by atoms with Gasteiger partial charge in [0.1, 0.15) is 16.9 Å². The van der Waals surface area contributed by atoms with Crippen LogP contribution in [0.1, 0.15) is 26.3 Å². The van der Waals surface area contributed by atoms with Crippen LogP contribution in [0.25, 0.3) is 10.2 Å². The molecule has 2 rings (SSSR count). The molecular formula is C18H26N4O4S2. The summed E-state index contributed by atoms with van der Waals surface area (Å²) in [5.74, 6) is 0.414. The van der Waals surface area contributed by atoms with Crippen LogP contribution in [0.2, 0.25) is 0 Å². The largest absolute Gasteiger partial charge is 0.506 e. The molecule has 0 spiro atoms. The van der Waals surface area contributed by atoms with E-state index in [0.717, 1.165) is 16.9 Å². The summed E-state index contributed by atoms with van der Waals surface area (Å²) in [5.41, 5.74) is 12.6. The second kappa shape index (κ2) is 9.35. The smallest absolute Gasteiger partial charge is 0.410 e. The number of fused-ring (bicyclic) bond motifs is 1. The predicted octanol–water partition coefficient (Wildman–Crippen LogP) is 2.52. The Balaban J connectivity index is 2.21. The molecule has 1 aromatic carbocycles. The standard InChI is InChI=1S/C18H26N4O4S2/c1-18(2,3)26-17(25)22(8-12(20)9-27-10-19)7-6-11-4-5-13(23)14-15(11)28-16(24)21-14/h4-5,9,23H,6-8,10,19-20H2,1-3H3,(H,21,24)/b12-9-. The lowest BCUT2D eigenvalue weighted by Crippen LogP contribution is -2.40. The number of aromatic hydroxyl groups is 1. The highest BCUT2D eigenvalue weighted by molar-refractivity contribution is 8.02. The van der Waals surface area contributed by atoms with Gasteiger partial charge in [0.25, 0.3) is 0 Å². The third-order valence-corrected chi connectivity index (χ3v) is 5.27. The van der Waals surface area contributed by atoms with Crippen LogP contribution in [0.15, 0.2) is 28.0 Å². The van der Waals surface area contributed by atoms with E-state index in [4.69, 9.17) is 16.2 Å². The fourth-order valence-electron chi connectivity index (χ4n) is 2.50. The van der Waals surface area contributed by atoms with Crippen molar-refractivity contribution < 1.29 is 14.6 Å². The number of ether oxygens (including phenoxy) is 1. The molecule has 0 atom stereocenters. The Hall–Kier alpha value is -2.17. The summed E-state index contributed by atoms with van der Waals surface area (Å²) >= 11 is 2.38. The van der Waals surface area contributed by atoms with Crippen LogP contribution in [0, 0.1) is 0 Å². The molecular weight excluding hydrogens is 400 g/mol. The minimum Gasteiger partial charge on any atom is -0.506 e. The van der Waals surface area contributed by atoms with Crippen molar-refractivity contribution in [3.8, 4) is 5.75 Å². The predicted molar refractivity (Wildman–Crippen MR) is 115 cm³/mol. The van der Waals surface area contributed by atoms with Crippen molar-refractivity contribution >= 4 is 39.4 Å². The highest BCUT2D eigenvalue weighted by atomic mass is 32.2. The number of rotatable bonds is 7. The Bertz CT molecular complexity index is 914. The van der Waals surface area contributed by atoms with Crippen molar-refractivity contribution in [2.45, 2.75) is 32.8 Å². The van der Waals surface area contributed by atoms with Gasteiger partial charge < -0.3 is 31.2 Å². The van der Waals surface area contributed by atoms with Crippen molar-refractivity contribution in [1.82, 2.24) is 9.88 Å². The Morgan fingerprint density at radius 1 is 1.43 bits per heavy atom. The van der Waals surface area contributed by atoms with Gasteiger partial charge in [0.05, 0.1) is 11.2 Å². The lowest BCUT2D eigenvalue weighted by atomic mass is 10.1. The number of H-pyrrole nitrogens is 1. The topological polar surface area (TPSA) is 135 Å². The summed E-state index contributed by atoms with van der Waals surface area (Å²) in [6.45, 7) is 5.93. The second-order valence-electron chi connectivity index (χ2n) is 7.14. The second-order valence-corrected chi connectivity index (χ2v) is 9.03. The number of thiazole rings is 1. The molecule has 8 nitrogen and oxygen atoms in total. The Morgan fingerprint density at radius 2 is 2.14 bits per heavy atom. The van der Waals surface area contributed by atoms with Crippen molar-refractivity contribution in [3.63, 3.8) is 0 Å². The summed E-state index contributed by atoms with van der Waals surface area (Å²) < 4.78 is 6.16. The van der Waals surface area contributed by atoms with Gasteiger partial charge in [0.15, 0.2) is 0 Å². The molecule has 0 radical (unpaired) electrons. The zero-order valence-corrected chi connectivity index (χ0v) is 17.8. The van der Waals surface area contributed by atoms with E-state index in [9.17, 15) is 14.7 Å². The number of carbonyl (C=O) groups excluding carboxylic acids is 1. The van der Waals surface area contributed by atoms with E-state index >= 15 is 0 Å². The molecule has 0 aliphatic carbocycles. The highest BCUT2D eigenvalue weighted by Crippen LogP contribution is 2.28. The maximum atomic E-state index is 12.6. The van der Waals surface area contributed by atoms with Gasteiger partial charge in [-0.1, -0.05) is 17.4 Å². The molecule has 1 heterocycles. The van der Waals surface area contributed by atoms with Crippen molar-refractivity contribution in [2.75, 3.05) is 19.0 Å². The Morgan fingerprint density at radius 3 is 2.79 bits per heavy atom. The summed E-state index contributed by atoms with van der Waals surface area (Å²) in [6.07, 6.45) is 0.0000789. The molecule has 0 unspecified atom stereocenters. The zero-order chi connectivity index (χ0) is 20.9. The number of amides is 1. The number of nitrogens with two attached hydrogens (primary N) is 2. The van der Waals surface area contributed by atoms with Crippen LogP contribution in [-0.4, -0.2) is 45.7 Å². The molecule has 154 valence electrons. The molecule has 6 N–H and O–H groups in total. The Kier molecular flexibility index (Phi) is 7.39. The van der Waals surface area contributed by atoms with E-state index in [2.05, 4.69) is 4.98 Å². The zero-order valence-electron chi connectivity index (χ0n) is 16.2. The third kappa shape index (κ3) is 6.18. The van der Waals surface area contributed by atoms with Gasteiger partial charge in [0.2, 0.25) is 0 Å². The van der Waals surface area contributed by atoms with E-state index in [1.54, 1.807) is 32.2 Å². The van der Waals surface area contributed by atoms with Gasteiger partial charge >= 0.3 is 11.0 Å². The normalized spacial score (nSPS) is 12.4. The molecule has 0 aliphatic rings. The fraction of sp³-hybridized carbons (Fsp3) is 0.444. The minimum atomic E-state index is -0.633. The molecule has 0 saturated heterocycles. The van der Waals surface area contributed by atoms with E-state index in [1.165, 1.54) is 22.7 Å². The number of phenolic OH excluding ortho intramolecular Hbond substituents is 1. The molecule has 10 heteroatoms. The van der Waals surface area contributed by atoms with E-state index < -0.39 is 11.7 Å². The van der Waals surface area contributed by atoms with Gasteiger partial charge in [-0.15, -0.1) is 11.8 Å².